The maximum absolute atomic E-state index is 13.1. The molecule has 0 unspecified atom stereocenters. The molecule has 186 valence electrons. The van der Waals surface area contributed by atoms with Crippen LogP contribution in [0.4, 0.5) is 5.69 Å². The Bertz CT molecular complexity index is 1260. The SMILES string of the molecule is Cc1ccc(S(=O)(=O)N2CCCCC2)cc1NC(=O)[C@@H](NS(=O)(=O)c1cccc(Cl)c1)C(C)C. The van der Waals surface area contributed by atoms with Crippen LogP contribution in [-0.4, -0.2) is 46.2 Å². The van der Waals surface area contributed by atoms with Gasteiger partial charge >= 0.3 is 0 Å². The highest BCUT2D eigenvalue weighted by atomic mass is 35.5. The molecule has 1 atom stereocenters. The van der Waals surface area contributed by atoms with Crippen LogP contribution < -0.4 is 10.0 Å². The molecule has 1 aliphatic rings. The summed E-state index contributed by atoms with van der Waals surface area (Å²) >= 11 is 5.92. The lowest BCUT2D eigenvalue weighted by molar-refractivity contribution is -0.118. The van der Waals surface area contributed by atoms with Gasteiger partial charge in [0.25, 0.3) is 0 Å². The number of rotatable bonds is 8. The lowest BCUT2D eigenvalue weighted by atomic mass is 10.0. The number of benzene rings is 2. The van der Waals surface area contributed by atoms with Gasteiger partial charge in [-0.2, -0.15) is 9.03 Å². The fourth-order valence-corrected chi connectivity index (χ4v) is 6.91. The smallest absolute Gasteiger partial charge is 0.243 e. The van der Waals surface area contributed by atoms with E-state index < -0.39 is 32.0 Å². The molecular formula is C23H30ClN3O5S2. The van der Waals surface area contributed by atoms with Gasteiger partial charge in [0.2, 0.25) is 26.0 Å². The van der Waals surface area contributed by atoms with E-state index in [4.69, 9.17) is 11.6 Å². The monoisotopic (exact) mass is 527 g/mol. The largest absolute Gasteiger partial charge is 0.324 e. The zero-order chi connectivity index (χ0) is 25.1. The fourth-order valence-electron chi connectivity index (χ4n) is 3.72. The van der Waals surface area contributed by atoms with Crippen LogP contribution in [0.15, 0.2) is 52.3 Å². The predicted molar refractivity (Wildman–Crippen MR) is 133 cm³/mol. The van der Waals surface area contributed by atoms with Crippen LogP contribution in [0.5, 0.6) is 0 Å². The van der Waals surface area contributed by atoms with E-state index in [-0.39, 0.29) is 20.7 Å². The van der Waals surface area contributed by atoms with Gasteiger partial charge in [-0.25, -0.2) is 16.8 Å². The minimum Gasteiger partial charge on any atom is -0.324 e. The summed E-state index contributed by atoms with van der Waals surface area (Å²) in [6.45, 7) is 6.12. The highest BCUT2D eigenvalue weighted by Crippen LogP contribution is 2.26. The molecule has 11 heteroatoms. The molecule has 0 aromatic heterocycles. The zero-order valence-corrected chi connectivity index (χ0v) is 21.8. The molecule has 0 saturated carbocycles. The average molecular weight is 528 g/mol. The molecule has 1 fully saturated rings. The third-order valence-electron chi connectivity index (χ3n) is 5.76. The van der Waals surface area contributed by atoms with Gasteiger partial charge in [0.1, 0.15) is 6.04 Å². The van der Waals surface area contributed by atoms with Crippen LogP contribution in [0.3, 0.4) is 0 Å². The summed E-state index contributed by atoms with van der Waals surface area (Å²) in [6.07, 6.45) is 2.64. The molecule has 2 aromatic carbocycles. The van der Waals surface area contributed by atoms with Crippen LogP contribution in [-0.2, 0) is 24.8 Å². The van der Waals surface area contributed by atoms with Crippen molar-refractivity contribution >= 4 is 43.2 Å². The van der Waals surface area contributed by atoms with Gasteiger partial charge in [0, 0.05) is 23.8 Å². The van der Waals surface area contributed by atoms with Crippen molar-refractivity contribution in [2.24, 2.45) is 5.92 Å². The van der Waals surface area contributed by atoms with Crippen LogP contribution in [0.25, 0.3) is 0 Å². The molecule has 1 saturated heterocycles. The van der Waals surface area contributed by atoms with E-state index in [1.165, 1.54) is 34.6 Å². The van der Waals surface area contributed by atoms with E-state index in [9.17, 15) is 21.6 Å². The lowest BCUT2D eigenvalue weighted by Crippen LogP contribution is -2.47. The van der Waals surface area contributed by atoms with Crippen molar-refractivity contribution in [3.05, 3.63) is 53.1 Å². The summed E-state index contributed by atoms with van der Waals surface area (Å²) in [5.41, 5.74) is 0.974. The van der Waals surface area contributed by atoms with E-state index in [1.807, 2.05) is 0 Å². The summed E-state index contributed by atoms with van der Waals surface area (Å²) in [7, 11) is -7.70. The molecule has 8 nitrogen and oxygen atoms in total. The molecule has 0 aliphatic carbocycles. The number of carbonyl (C=O) groups excluding carboxylic acids is 1. The van der Waals surface area contributed by atoms with Crippen molar-refractivity contribution in [3.8, 4) is 0 Å². The second kappa shape index (κ2) is 10.7. The summed E-state index contributed by atoms with van der Waals surface area (Å²) in [4.78, 5) is 13.2. The Morgan fingerprint density at radius 3 is 2.26 bits per heavy atom. The maximum Gasteiger partial charge on any atom is 0.243 e. The van der Waals surface area contributed by atoms with Gasteiger partial charge in [0.05, 0.1) is 9.79 Å². The topological polar surface area (TPSA) is 113 Å². The number of aryl methyl sites for hydroxylation is 1. The first-order chi connectivity index (χ1) is 15.9. The van der Waals surface area contributed by atoms with Crippen molar-refractivity contribution in [3.63, 3.8) is 0 Å². The molecule has 0 bridgehead atoms. The minimum absolute atomic E-state index is 0.0516. The van der Waals surface area contributed by atoms with E-state index in [0.29, 0.717) is 24.3 Å². The third-order valence-corrected chi connectivity index (χ3v) is 9.33. The fraction of sp³-hybridized carbons (Fsp3) is 0.435. The summed E-state index contributed by atoms with van der Waals surface area (Å²) in [6, 6.07) is 9.26. The van der Waals surface area contributed by atoms with Crippen molar-refractivity contribution in [1.29, 1.82) is 0 Å². The Morgan fingerprint density at radius 1 is 0.971 bits per heavy atom. The van der Waals surface area contributed by atoms with Crippen LogP contribution in [0, 0.1) is 12.8 Å². The highest BCUT2D eigenvalue weighted by molar-refractivity contribution is 7.89. The Morgan fingerprint density at radius 2 is 1.65 bits per heavy atom. The molecule has 1 aliphatic heterocycles. The van der Waals surface area contributed by atoms with Gasteiger partial charge in [-0.05, 0) is 61.6 Å². The number of anilines is 1. The summed E-state index contributed by atoms with van der Waals surface area (Å²) in [5.74, 6) is -0.967. The average Bonchev–Trinajstić information content (AvgIpc) is 2.79. The number of amides is 1. The second-order valence-corrected chi connectivity index (χ2v) is 12.8. The van der Waals surface area contributed by atoms with Crippen molar-refractivity contribution < 1.29 is 21.6 Å². The highest BCUT2D eigenvalue weighted by Gasteiger charge is 2.30. The number of piperidine rings is 1. The number of sulfonamides is 2. The Balaban J connectivity index is 1.84. The van der Waals surface area contributed by atoms with Gasteiger partial charge in [-0.3, -0.25) is 4.79 Å². The van der Waals surface area contributed by atoms with E-state index in [0.717, 1.165) is 19.3 Å². The standard InChI is InChI=1S/C23H30ClN3O5S2/c1-16(2)22(26-33(29,30)19-9-7-8-18(24)14-19)23(28)25-21-15-20(11-10-17(21)3)34(31,32)27-12-5-4-6-13-27/h7-11,14-16,22,26H,4-6,12-13H2,1-3H3,(H,25,28)/t22-/m0/s1. The maximum atomic E-state index is 13.1. The second-order valence-electron chi connectivity index (χ2n) is 8.73. The number of nitrogens with one attached hydrogen (secondary N) is 2. The van der Waals surface area contributed by atoms with Crippen LogP contribution in [0.1, 0.15) is 38.7 Å². The predicted octanol–water partition coefficient (Wildman–Crippen LogP) is 3.76. The molecule has 34 heavy (non-hydrogen) atoms. The number of hydrogen-bond acceptors (Lipinski definition) is 5. The normalized spacial score (nSPS) is 16.4. The van der Waals surface area contributed by atoms with Gasteiger partial charge < -0.3 is 5.32 Å². The number of carbonyl (C=O) groups is 1. The first-order valence-corrected chi connectivity index (χ1v) is 14.4. The molecule has 1 heterocycles. The summed E-state index contributed by atoms with van der Waals surface area (Å²) in [5, 5.41) is 2.98. The Kier molecular flexibility index (Phi) is 8.41. The molecule has 0 radical (unpaired) electrons. The van der Waals surface area contributed by atoms with Gasteiger partial charge in [-0.1, -0.05) is 44.0 Å². The first-order valence-electron chi connectivity index (χ1n) is 11.1. The summed E-state index contributed by atoms with van der Waals surface area (Å²) < 4.78 is 55.7. The van der Waals surface area contributed by atoms with E-state index >= 15 is 0 Å². The molecule has 2 aromatic rings. The Labute approximate surface area is 206 Å². The molecule has 1 amide bonds. The van der Waals surface area contributed by atoms with E-state index in [1.54, 1.807) is 32.9 Å². The number of halogens is 1. The molecule has 3 rings (SSSR count). The minimum atomic E-state index is -4.02. The van der Waals surface area contributed by atoms with Crippen molar-refractivity contribution in [2.45, 2.75) is 55.9 Å². The van der Waals surface area contributed by atoms with Crippen LogP contribution in [0.2, 0.25) is 5.02 Å². The lowest BCUT2D eigenvalue weighted by Gasteiger charge is -2.26. The molecule has 2 N–H and O–H groups in total. The third kappa shape index (κ3) is 6.17. The Hall–Kier alpha value is -1.98. The van der Waals surface area contributed by atoms with Crippen molar-refractivity contribution in [2.75, 3.05) is 18.4 Å². The number of nitrogens with zero attached hydrogens (tertiary/aromatic N) is 1. The first kappa shape index (κ1) is 26.6. The quantitative estimate of drug-likeness (QED) is 0.542. The van der Waals surface area contributed by atoms with Gasteiger partial charge in [-0.15, -0.1) is 0 Å². The molecule has 0 spiro atoms. The molecular weight excluding hydrogens is 498 g/mol. The van der Waals surface area contributed by atoms with Crippen molar-refractivity contribution in [1.82, 2.24) is 9.03 Å². The zero-order valence-electron chi connectivity index (χ0n) is 19.4. The van der Waals surface area contributed by atoms with Gasteiger partial charge in [0.15, 0.2) is 0 Å². The van der Waals surface area contributed by atoms with Crippen LogP contribution >= 0.6 is 11.6 Å². The number of hydrogen-bond donors (Lipinski definition) is 2. The van der Waals surface area contributed by atoms with E-state index in [2.05, 4.69) is 10.0 Å².